The maximum atomic E-state index is 12.2. The normalized spacial score (nSPS) is 11.0. The molecule has 1 aromatic carbocycles. The van der Waals surface area contributed by atoms with Crippen LogP contribution in [0.2, 0.25) is 0 Å². The lowest BCUT2D eigenvalue weighted by Crippen LogP contribution is -2.20. The van der Waals surface area contributed by atoms with Crippen LogP contribution in [0, 0.1) is 0 Å². The zero-order chi connectivity index (χ0) is 16.3. The van der Waals surface area contributed by atoms with Gasteiger partial charge in [0.25, 0.3) is 11.8 Å². The van der Waals surface area contributed by atoms with E-state index in [1.54, 1.807) is 11.4 Å². The summed E-state index contributed by atoms with van der Waals surface area (Å²) in [7, 11) is -1.79. The van der Waals surface area contributed by atoms with Crippen molar-refractivity contribution in [2.24, 2.45) is 0 Å². The van der Waals surface area contributed by atoms with Crippen LogP contribution in [0.25, 0.3) is 0 Å². The van der Waals surface area contributed by atoms with Crippen molar-refractivity contribution < 1.29 is 18.0 Å². The molecule has 1 aromatic heterocycles. The summed E-state index contributed by atoms with van der Waals surface area (Å²) in [5, 5.41) is 7.29. The predicted octanol–water partition coefficient (Wildman–Crippen LogP) is 1.76. The van der Waals surface area contributed by atoms with Gasteiger partial charge in [-0.15, -0.1) is 11.3 Å². The molecule has 0 unspecified atom stereocenters. The lowest BCUT2D eigenvalue weighted by molar-refractivity contribution is 0.0964. The van der Waals surface area contributed by atoms with Crippen LogP contribution in [0.5, 0.6) is 0 Å². The number of amides is 2. The number of benzene rings is 1. The molecule has 6 nitrogen and oxygen atoms in total. The third kappa shape index (κ3) is 3.52. The fourth-order valence-electron chi connectivity index (χ4n) is 1.75. The number of sulfone groups is 1. The van der Waals surface area contributed by atoms with Crippen LogP contribution in [0.15, 0.2) is 40.6 Å². The van der Waals surface area contributed by atoms with Crippen molar-refractivity contribution in [2.75, 3.05) is 18.6 Å². The molecular formula is C14H14N2O4S2. The van der Waals surface area contributed by atoms with Crippen LogP contribution in [-0.2, 0) is 9.84 Å². The van der Waals surface area contributed by atoms with Gasteiger partial charge >= 0.3 is 0 Å². The van der Waals surface area contributed by atoms with E-state index in [1.165, 1.54) is 42.6 Å². The summed E-state index contributed by atoms with van der Waals surface area (Å²) in [5.41, 5.74) is 0.692. The summed E-state index contributed by atoms with van der Waals surface area (Å²) in [5.74, 6) is -0.698. The van der Waals surface area contributed by atoms with Crippen molar-refractivity contribution in [1.29, 1.82) is 0 Å². The molecule has 22 heavy (non-hydrogen) atoms. The van der Waals surface area contributed by atoms with Gasteiger partial charge in [0.2, 0.25) is 0 Å². The number of thiophene rings is 1. The van der Waals surface area contributed by atoms with Gasteiger partial charge in [-0.1, -0.05) is 0 Å². The number of carbonyl (C=O) groups is 2. The molecular weight excluding hydrogens is 324 g/mol. The zero-order valence-corrected chi connectivity index (χ0v) is 13.5. The van der Waals surface area contributed by atoms with E-state index in [0.717, 1.165) is 6.26 Å². The van der Waals surface area contributed by atoms with Crippen molar-refractivity contribution in [3.8, 4) is 0 Å². The van der Waals surface area contributed by atoms with Crippen LogP contribution in [0.3, 0.4) is 0 Å². The highest BCUT2D eigenvalue weighted by Gasteiger charge is 2.15. The molecule has 116 valence electrons. The highest BCUT2D eigenvalue weighted by molar-refractivity contribution is 7.90. The Morgan fingerprint density at radius 1 is 1.05 bits per heavy atom. The van der Waals surface area contributed by atoms with Gasteiger partial charge in [-0.25, -0.2) is 8.42 Å². The van der Waals surface area contributed by atoms with E-state index in [2.05, 4.69) is 10.6 Å². The predicted molar refractivity (Wildman–Crippen MR) is 85.2 cm³/mol. The fraction of sp³-hybridized carbons (Fsp3) is 0.143. The first-order valence-corrected chi connectivity index (χ1v) is 9.01. The molecule has 0 aliphatic carbocycles. The van der Waals surface area contributed by atoms with Gasteiger partial charge in [-0.05, 0) is 35.7 Å². The van der Waals surface area contributed by atoms with Crippen LogP contribution in [-0.4, -0.2) is 33.5 Å². The standard InChI is InChI=1S/C14H14N2O4S2/c1-15-13(18)11-7-8-21-14(11)16-12(17)9-3-5-10(6-4-9)22(2,19)20/h3-8H,1-2H3,(H,15,18)(H,16,17). The van der Waals surface area contributed by atoms with E-state index in [4.69, 9.17) is 0 Å². The fourth-order valence-corrected chi connectivity index (χ4v) is 3.16. The first-order valence-electron chi connectivity index (χ1n) is 6.24. The second kappa shape index (κ2) is 6.29. The molecule has 0 aliphatic heterocycles. The summed E-state index contributed by atoms with van der Waals surface area (Å²) in [6.07, 6.45) is 1.10. The maximum Gasteiger partial charge on any atom is 0.256 e. The summed E-state index contributed by atoms with van der Waals surface area (Å²) in [4.78, 5) is 23.9. The average Bonchev–Trinajstić information content (AvgIpc) is 2.93. The lowest BCUT2D eigenvalue weighted by atomic mass is 10.2. The van der Waals surface area contributed by atoms with E-state index in [9.17, 15) is 18.0 Å². The minimum absolute atomic E-state index is 0.145. The van der Waals surface area contributed by atoms with Crippen molar-refractivity contribution in [2.45, 2.75) is 4.90 Å². The number of carbonyl (C=O) groups excluding carboxylic acids is 2. The Morgan fingerprint density at radius 2 is 1.68 bits per heavy atom. The highest BCUT2D eigenvalue weighted by Crippen LogP contribution is 2.24. The summed E-state index contributed by atoms with van der Waals surface area (Å²) in [6, 6.07) is 7.22. The number of anilines is 1. The molecule has 2 amide bonds. The third-order valence-corrected chi connectivity index (χ3v) is 4.87. The number of rotatable bonds is 4. The van der Waals surface area contributed by atoms with E-state index >= 15 is 0 Å². The third-order valence-electron chi connectivity index (χ3n) is 2.91. The lowest BCUT2D eigenvalue weighted by Gasteiger charge is -2.06. The Hall–Kier alpha value is -2.19. The van der Waals surface area contributed by atoms with Crippen molar-refractivity contribution in [3.63, 3.8) is 0 Å². The number of nitrogens with one attached hydrogen (secondary N) is 2. The summed E-state index contributed by atoms with van der Waals surface area (Å²) >= 11 is 1.23. The zero-order valence-electron chi connectivity index (χ0n) is 11.9. The molecule has 1 heterocycles. The molecule has 0 aliphatic rings. The molecule has 0 saturated heterocycles. The van der Waals surface area contributed by atoms with Gasteiger partial charge in [-0.2, -0.15) is 0 Å². The van der Waals surface area contributed by atoms with Crippen molar-refractivity contribution >= 4 is 38.0 Å². The number of hydrogen-bond acceptors (Lipinski definition) is 5. The van der Waals surface area contributed by atoms with Gasteiger partial charge in [0.05, 0.1) is 10.5 Å². The quantitative estimate of drug-likeness (QED) is 0.888. The van der Waals surface area contributed by atoms with Crippen LogP contribution >= 0.6 is 11.3 Å². The molecule has 0 bridgehead atoms. The van der Waals surface area contributed by atoms with E-state index in [0.29, 0.717) is 16.1 Å². The Kier molecular flexibility index (Phi) is 4.62. The van der Waals surface area contributed by atoms with Crippen molar-refractivity contribution in [1.82, 2.24) is 5.32 Å². The Bertz CT molecular complexity index is 808. The van der Waals surface area contributed by atoms with Gasteiger partial charge in [-0.3, -0.25) is 9.59 Å². The summed E-state index contributed by atoms with van der Waals surface area (Å²) in [6.45, 7) is 0. The van der Waals surface area contributed by atoms with Crippen LogP contribution < -0.4 is 10.6 Å². The molecule has 2 rings (SSSR count). The smallest absolute Gasteiger partial charge is 0.256 e. The minimum atomic E-state index is -3.30. The van der Waals surface area contributed by atoms with Crippen LogP contribution in [0.4, 0.5) is 5.00 Å². The first kappa shape index (κ1) is 16.2. The van der Waals surface area contributed by atoms with E-state index in [1.807, 2.05) is 0 Å². The molecule has 0 atom stereocenters. The van der Waals surface area contributed by atoms with Gasteiger partial charge < -0.3 is 10.6 Å². The topological polar surface area (TPSA) is 92.3 Å². The van der Waals surface area contributed by atoms with Gasteiger partial charge in [0.15, 0.2) is 9.84 Å². The largest absolute Gasteiger partial charge is 0.355 e. The van der Waals surface area contributed by atoms with E-state index < -0.39 is 15.7 Å². The molecule has 0 spiro atoms. The SMILES string of the molecule is CNC(=O)c1ccsc1NC(=O)c1ccc(S(C)(=O)=O)cc1. The molecule has 2 aromatic rings. The Morgan fingerprint density at radius 3 is 2.23 bits per heavy atom. The number of hydrogen-bond donors (Lipinski definition) is 2. The second-order valence-corrected chi connectivity index (χ2v) is 7.43. The Balaban J connectivity index is 2.20. The molecule has 8 heteroatoms. The van der Waals surface area contributed by atoms with Gasteiger partial charge in [0.1, 0.15) is 5.00 Å². The van der Waals surface area contributed by atoms with Crippen molar-refractivity contribution in [3.05, 3.63) is 46.8 Å². The van der Waals surface area contributed by atoms with Gasteiger partial charge in [0, 0.05) is 18.9 Å². The molecule has 2 N–H and O–H groups in total. The van der Waals surface area contributed by atoms with Crippen LogP contribution in [0.1, 0.15) is 20.7 Å². The average molecular weight is 338 g/mol. The minimum Gasteiger partial charge on any atom is -0.355 e. The second-order valence-electron chi connectivity index (χ2n) is 4.49. The molecule has 0 radical (unpaired) electrons. The molecule has 0 fully saturated rings. The van der Waals surface area contributed by atoms with E-state index in [-0.39, 0.29) is 10.8 Å². The maximum absolute atomic E-state index is 12.2. The summed E-state index contributed by atoms with van der Waals surface area (Å²) < 4.78 is 22.8. The molecule has 0 saturated carbocycles. The monoisotopic (exact) mass is 338 g/mol. The highest BCUT2D eigenvalue weighted by atomic mass is 32.2. The Labute approximate surface area is 132 Å². The first-order chi connectivity index (χ1) is 10.3.